The number of nitrogens with one attached hydrogen (secondary N) is 1. The van der Waals surface area contributed by atoms with Crippen LogP contribution in [-0.4, -0.2) is 22.6 Å². The first-order chi connectivity index (χ1) is 9.24. The van der Waals surface area contributed by atoms with Crippen molar-refractivity contribution in [3.05, 3.63) is 63.4 Å². The van der Waals surface area contributed by atoms with Crippen molar-refractivity contribution in [3.63, 3.8) is 0 Å². The molecule has 1 aromatic heterocycles. The first-order valence-electron chi connectivity index (χ1n) is 6.35. The van der Waals surface area contributed by atoms with E-state index in [-0.39, 0.29) is 17.3 Å². The van der Waals surface area contributed by atoms with Crippen molar-refractivity contribution in [3.8, 4) is 0 Å². The van der Waals surface area contributed by atoms with Gasteiger partial charge in [0.1, 0.15) is 0 Å². The predicted octanol–water partition coefficient (Wildman–Crippen LogP) is 0.988. The molecule has 2 heterocycles. The SMILES string of the molecule is O=c1ccn([C@@H]2CCN(c3ccccc3)C2)c(=O)[nH]1. The van der Waals surface area contributed by atoms with Gasteiger partial charge in [0.05, 0.1) is 6.04 Å². The van der Waals surface area contributed by atoms with Crippen molar-refractivity contribution in [2.45, 2.75) is 12.5 Å². The molecule has 0 unspecified atom stereocenters. The van der Waals surface area contributed by atoms with Gasteiger partial charge in [-0.2, -0.15) is 0 Å². The molecule has 0 aliphatic carbocycles. The molecular formula is C14H15N3O2. The van der Waals surface area contributed by atoms with Crippen LogP contribution in [0.25, 0.3) is 0 Å². The molecule has 1 aliphatic rings. The zero-order valence-corrected chi connectivity index (χ0v) is 10.5. The average molecular weight is 257 g/mol. The van der Waals surface area contributed by atoms with Crippen molar-refractivity contribution in [2.75, 3.05) is 18.0 Å². The second-order valence-corrected chi connectivity index (χ2v) is 4.74. The smallest absolute Gasteiger partial charge is 0.328 e. The third-order valence-electron chi connectivity index (χ3n) is 3.53. The van der Waals surface area contributed by atoms with Crippen LogP contribution < -0.4 is 16.1 Å². The lowest BCUT2D eigenvalue weighted by molar-refractivity contribution is 0.520. The highest BCUT2D eigenvalue weighted by Gasteiger charge is 2.24. The van der Waals surface area contributed by atoms with Gasteiger partial charge in [-0.15, -0.1) is 0 Å². The van der Waals surface area contributed by atoms with E-state index in [1.165, 1.54) is 11.8 Å². The Bertz CT molecular complexity index is 675. The lowest BCUT2D eigenvalue weighted by atomic mass is 10.2. The Kier molecular flexibility index (Phi) is 2.95. The Hall–Kier alpha value is -2.30. The molecule has 1 aliphatic heterocycles. The minimum absolute atomic E-state index is 0.115. The van der Waals surface area contributed by atoms with Gasteiger partial charge in [-0.1, -0.05) is 18.2 Å². The van der Waals surface area contributed by atoms with Crippen LogP contribution in [0.3, 0.4) is 0 Å². The van der Waals surface area contributed by atoms with Crippen LogP contribution in [0, 0.1) is 0 Å². The van der Waals surface area contributed by atoms with E-state index in [0.29, 0.717) is 0 Å². The molecule has 0 radical (unpaired) electrons. The van der Waals surface area contributed by atoms with Crippen molar-refractivity contribution in [1.29, 1.82) is 0 Å². The summed E-state index contributed by atoms with van der Waals surface area (Å²) in [4.78, 5) is 27.4. The third-order valence-corrected chi connectivity index (χ3v) is 3.53. The second kappa shape index (κ2) is 4.76. The van der Waals surface area contributed by atoms with Gasteiger partial charge in [0.2, 0.25) is 0 Å². The Morgan fingerprint density at radius 2 is 1.89 bits per heavy atom. The molecule has 0 bridgehead atoms. The van der Waals surface area contributed by atoms with Gasteiger partial charge in [0.15, 0.2) is 0 Å². The molecule has 0 spiro atoms. The number of benzene rings is 1. The van der Waals surface area contributed by atoms with Gasteiger partial charge < -0.3 is 4.90 Å². The van der Waals surface area contributed by atoms with Gasteiger partial charge in [-0.05, 0) is 18.6 Å². The van der Waals surface area contributed by atoms with Gasteiger partial charge in [-0.25, -0.2) is 4.79 Å². The van der Waals surface area contributed by atoms with E-state index < -0.39 is 0 Å². The lowest BCUT2D eigenvalue weighted by Gasteiger charge is -2.19. The number of aromatic nitrogens is 2. The van der Waals surface area contributed by atoms with E-state index in [1.807, 2.05) is 18.2 Å². The normalized spacial score (nSPS) is 18.7. The van der Waals surface area contributed by atoms with Crippen LogP contribution in [0.15, 0.2) is 52.2 Å². The molecule has 2 aromatic rings. The molecular weight excluding hydrogens is 242 g/mol. The zero-order valence-electron chi connectivity index (χ0n) is 10.5. The van der Waals surface area contributed by atoms with E-state index in [2.05, 4.69) is 22.0 Å². The van der Waals surface area contributed by atoms with Crippen LogP contribution in [-0.2, 0) is 0 Å². The number of aromatic amines is 1. The van der Waals surface area contributed by atoms with Crippen LogP contribution in [0.2, 0.25) is 0 Å². The standard InChI is InChI=1S/C14H15N3O2/c18-13-7-9-17(14(19)15-13)12-6-8-16(10-12)11-4-2-1-3-5-11/h1-5,7,9,12H,6,8,10H2,(H,15,18,19)/t12-/m1/s1. The minimum atomic E-state index is -0.348. The first kappa shape index (κ1) is 11.8. The summed E-state index contributed by atoms with van der Waals surface area (Å²) in [5.41, 5.74) is 0.494. The highest BCUT2D eigenvalue weighted by Crippen LogP contribution is 2.25. The zero-order chi connectivity index (χ0) is 13.2. The van der Waals surface area contributed by atoms with Crippen LogP contribution in [0.4, 0.5) is 5.69 Å². The number of hydrogen-bond donors (Lipinski definition) is 1. The van der Waals surface area contributed by atoms with Crippen molar-refractivity contribution >= 4 is 5.69 Å². The summed E-state index contributed by atoms with van der Waals surface area (Å²) in [5, 5.41) is 0. The van der Waals surface area contributed by atoms with Crippen LogP contribution in [0.1, 0.15) is 12.5 Å². The number of hydrogen-bond acceptors (Lipinski definition) is 3. The summed E-state index contributed by atoms with van der Waals surface area (Å²) in [5.74, 6) is 0. The molecule has 0 saturated carbocycles. The highest BCUT2D eigenvalue weighted by atomic mass is 16.2. The summed E-state index contributed by atoms with van der Waals surface area (Å²) < 4.78 is 1.62. The Balaban J connectivity index is 1.83. The molecule has 1 N–H and O–H groups in total. The number of rotatable bonds is 2. The Morgan fingerprint density at radius 1 is 1.11 bits per heavy atom. The molecule has 5 heteroatoms. The molecule has 1 atom stereocenters. The maximum absolute atomic E-state index is 11.8. The monoisotopic (exact) mass is 257 g/mol. The fraction of sp³-hybridized carbons (Fsp3) is 0.286. The maximum atomic E-state index is 11.8. The van der Waals surface area contributed by atoms with Crippen molar-refractivity contribution in [1.82, 2.24) is 9.55 Å². The molecule has 1 saturated heterocycles. The Morgan fingerprint density at radius 3 is 2.63 bits per heavy atom. The molecule has 0 amide bonds. The summed E-state index contributed by atoms with van der Waals surface area (Å²) in [6, 6.07) is 11.7. The van der Waals surface area contributed by atoms with E-state index in [4.69, 9.17) is 0 Å². The van der Waals surface area contributed by atoms with Gasteiger partial charge in [-0.3, -0.25) is 14.3 Å². The lowest BCUT2D eigenvalue weighted by Crippen LogP contribution is -2.32. The van der Waals surface area contributed by atoms with Gasteiger partial charge in [0, 0.05) is 31.0 Å². The number of H-pyrrole nitrogens is 1. The largest absolute Gasteiger partial charge is 0.369 e. The molecule has 3 rings (SSSR count). The molecule has 1 fully saturated rings. The summed E-state index contributed by atoms with van der Waals surface area (Å²) in [6.45, 7) is 1.70. The van der Waals surface area contributed by atoms with Crippen molar-refractivity contribution in [2.24, 2.45) is 0 Å². The Labute approximate surface area is 110 Å². The van der Waals surface area contributed by atoms with Crippen LogP contribution >= 0.6 is 0 Å². The number of nitrogens with zero attached hydrogens (tertiary/aromatic N) is 2. The highest BCUT2D eigenvalue weighted by molar-refractivity contribution is 5.47. The molecule has 5 nitrogen and oxygen atoms in total. The number of anilines is 1. The molecule has 1 aromatic carbocycles. The molecule has 98 valence electrons. The summed E-state index contributed by atoms with van der Waals surface area (Å²) in [7, 11) is 0. The maximum Gasteiger partial charge on any atom is 0.328 e. The topological polar surface area (TPSA) is 58.1 Å². The first-order valence-corrected chi connectivity index (χ1v) is 6.35. The third kappa shape index (κ3) is 2.31. The van der Waals surface area contributed by atoms with E-state index >= 15 is 0 Å². The summed E-state index contributed by atoms with van der Waals surface area (Å²) in [6.07, 6.45) is 2.49. The fourth-order valence-electron chi connectivity index (χ4n) is 2.56. The fourth-order valence-corrected chi connectivity index (χ4v) is 2.56. The minimum Gasteiger partial charge on any atom is -0.369 e. The average Bonchev–Trinajstić information content (AvgIpc) is 2.89. The van der Waals surface area contributed by atoms with E-state index in [1.54, 1.807) is 10.8 Å². The predicted molar refractivity (Wildman–Crippen MR) is 73.6 cm³/mol. The van der Waals surface area contributed by atoms with E-state index in [0.717, 1.165) is 19.5 Å². The van der Waals surface area contributed by atoms with E-state index in [9.17, 15) is 9.59 Å². The second-order valence-electron chi connectivity index (χ2n) is 4.74. The quantitative estimate of drug-likeness (QED) is 0.872. The van der Waals surface area contributed by atoms with Gasteiger partial charge in [0.25, 0.3) is 5.56 Å². The van der Waals surface area contributed by atoms with Crippen LogP contribution in [0.5, 0.6) is 0 Å². The molecule has 19 heavy (non-hydrogen) atoms. The number of para-hydroxylation sites is 1. The summed E-state index contributed by atoms with van der Waals surface area (Å²) >= 11 is 0. The van der Waals surface area contributed by atoms with Gasteiger partial charge >= 0.3 is 5.69 Å². The van der Waals surface area contributed by atoms with Crippen molar-refractivity contribution < 1.29 is 0 Å².